The number of hydrogen-bond donors (Lipinski definition) is 1. The van der Waals surface area contributed by atoms with E-state index in [1.807, 2.05) is 67.6 Å². The number of para-hydroxylation sites is 2. The van der Waals surface area contributed by atoms with Crippen molar-refractivity contribution in [3.05, 3.63) is 95.3 Å². The molecule has 0 spiro atoms. The van der Waals surface area contributed by atoms with Crippen molar-refractivity contribution in [2.45, 2.75) is 39.8 Å². The number of fused-ring (bicyclic) bond motifs is 1. The van der Waals surface area contributed by atoms with Crippen LogP contribution in [0.1, 0.15) is 47.1 Å². The van der Waals surface area contributed by atoms with E-state index < -0.39 is 0 Å². The summed E-state index contributed by atoms with van der Waals surface area (Å²) in [5, 5.41) is 3.00. The van der Waals surface area contributed by atoms with Crippen molar-refractivity contribution in [2.24, 2.45) is 0 Å². The first-order chi connectivity index (χ1) is 15.5. The second-order valence-electron chi connectivity index (χ2n) is 8.29. The second-order valence-corrected chi connectivity index (χ2v) is 8.29. The molecule has 4 aromatic rings. The molecule has 1 N–H and O–H groups in total. The Hall–Kier alpha value is -3.60. The number of benzene rings is 3. The summed E-state index contributed by atoms with van der Waals surface area (Å²) in [6.45, 7) is 7.87. The summed E-state index contributed by atoms with van der Waals surface area (Å²) >= 11 is 0. The van der Waals surface area contributed by atoms with E-state index in [4.69, 9.17) is 9.72 Å². The van der Waals surface area contributed by atoms with Gasteiger partial charge in [0.25, 0.3) is 5.91 Å². The van der Waals surface area contributed by atoms with Gasteiger partial charge >= 0.3 is 0 Å². The van der Waals surface area contributed by atoms with E-state index in [0.717, 1.165) is 28.2 Å². The van der Waals surface area contributed by atoms with E-state index in [0.29, 0.717) is 31.2 Å². The third-order valence-electron chi connectivity index (χ3n) is 5.58. The van der Waals surface area contributed by atoms with Crippen LogP contribution < -0.4 is 10.1 Å². The van der Waals surface area contributed by atoms with Crippen LogP contribution in [0.5, 0.6) is 5.75 Å². The Morgan fingerprint density at radius 2 is 1.72 bits per heavy atom. The Morgan fingerprint density at radius 1 is 1.00 bits per heavy atom. The third kappa shape index (κ3) is 4.99. The van der Waals surface area contributed by atoms with E-state index in [-0.39, 0.29) is 5.91 Å². The molecule has 0 fully saturated rings. The van der Waals surface area contributed by atoms with Crippen LogP contribution in [0.3, 0.4) is 0 Å². The van der Waals surface area contributed by atoms with Crippen LogP contribution >= 0.6 is 0 Å². The minimum atomic E-state index is -0.106. The van der Waals surface area contributed by atoms with Crippen molar-refractivity contribution in [2.75, 3.05) is 6.61 Å². The average Bonchev–Trinajstić information content (AvgIpc) is 3.16. The Morgan fingerprint density at radius 3 is 2.44 bits per heavy atom. The molecule has 32 heavy (non-hydrogen) atoms. The molecule has 0 aliphatic rings. The molecule has 1 aromatic heterocycles. The van der Waals surface area contributed by atoms with Gasteiger partial charge in [-0.1, -0.05) is 55.8 Å². The predicted octanol–water partition coefficient (Wildman–Crippen LogP) is 5.48. The Balaban J connectivity index is 1.45. The lowest BCUT2D eigenvalue weighted by Gasteiger charge is -2.12. The molecule has 1 heterocycles. The molecule has 0 saturated heterocycles. The number of aromatic nitrogens is 2. The van der Waals surface area contributed by atoms with Crippen LogP contribution in [0.2, 0.25) is 0 Å². The van der Waals surface area contributed by atoms with E-state index in [1.165, 1.54) is 5.56 Å². The van der Waals surface area contributed by atoms with Gasteiger partial charge in [-0.15, -0.1) is 0 Å². The summed E-state index contributed by atoms with van der Waals surface area (Å²) in [5.74, 6) is 2.06. The molecular weight excluding hydrogens is 398 g/mol. The standard InChI is InChI=1S/C27H29N3O2/c1-19(2)21-12-14-23(15-13-21)32-17-16-30-25-7-5-4-6-24(25)29-26(30)18-28-27(31)22-10-8-20(3)9-11-22/h4-15,19H,16-18H2,1-3H3,(H,28,31). The van der Waals surface area contributed by atoms with Gasteiger partial charge in [0, 0.05) is 5.56 Å². The maximum absolute atomic E-state index is 12.6. The zero-order valence-electron chi connectivity index (χ0n) is 18.8. The molecule has 164 valence electrons. The summed E-state index contributed by atoms with van der Waals surface area (Å²) < 4.78 is 8.11. The highest BCUT2D eigenvalue weighted by Gasteiger charge is 2.13. The van der Waals surface area contributed by atoms with E-state index in [1.54, 1.807) is 0 Å². The topological polar surface area (TPSA) is 56.2 Å². The summed E-state index contributed by atoms with van der Waals surface area (Å²) in [7, 11) is 0. The molecule has 0 saturated carbocycles. The van der Waals surface area contributed by atoms with Crippen LogP contribution in [-0.4, -0.2) is 22.1 Å². The summed E-state index contributed by atoms with van der Waals surface area (Å²) in [6.07, 6.45) is 0. The largest absolute Gasteiger partial charge is 0.492 e. The number of ether oxygens (including phenoxy) is 1. The first-order valence-electron chi connectivity index (χ1n) is 11.0. The lowest BCUT2D eigenvalue weighted by Crippen LogP contribution is -2.25. The van der Waals surface area contributed by atoms with Crippen LogP contribution in [0, 0.1) is 6.92 Å². The molecule has 0 aliphatic carbocycles. The third-order valence-corrected chi connectivity index (χ3v) is 5.58. The minimum Gasteiger partial charge on any atom is -0.492 e. The highest BCUT2D eigenvalue weighted by molar-refractivity contribution is 5.94. The first-order valence-corrected chi connectivity index (χ1v) is 11.0. The Kier molecular flexibility index (Phi) is 6.55. The fourth-order valence-corrected chi connectivity index (χ4v) is 3.68. The van der Waals surface area contributed by atoms with Gasteiger partial charge in [-0.25, -0.2) is 4.98 Å². The fraction of sp³-hybridized carbons (Fsp3) is 0.259. The molecule has 0 bridgehead atoms. The predicted molar refractivity (Wildman–Crippen MR) is 128 cm³/mol. The lowest BCUT2D eigenvalue weighted by atomic mass is 10.0. The number of amides is 1. The smallest absolute Gasteiger partial charge is 0.251 e. The maximum Gasteiger partial charge on any atom is 0.251 e. The summed E-state index contributed by atoms with van der Waals surface area (Å²) in [4.78, 5) is 17.3. The van der Waals surface area contributed by atoms with Crippen molar-refractivity contribution in [1.82, 2.24) is 14.9 Å². The molecule has 5 nitrogen and oxygen atoms in total. The molecule has 0 unspecified atom stereocenters. The number of nitrogens with one attached hydrogen (secondary N) is 1. The molecule has 1 amide bonds. The normalized spacial score (nSPS) is 11.1. The number of rotatable bonds is 8. The SMILES string of the molecule is Cc1ccc(C(=O)NCc2nc3ccccc3n2CCOc2ccc(C(C)C)cc2)cc1. The van der Waals surface area contributed by atoms with Gasteiger partial charge in [0.2, 0.25) is 0 Å². The minimum absolute atomic E-state index is 0.106. The van der Waals surface area contributed by atoms with Gasteiger partial charge in [0.1, 0.15) is 18.2 Å². The highest BCUT2D eigenvalue weighted by Crippen LogP contribution is 2.20. The van der Waals surface area contributed by atoms with Gasteiger partial charge in [-0.3, -0.25) is 4.79 Å². The fourth-order valence-electron chi connectivity index (χ4n) is 3.68. The quantitative estimate of drug-likeness (QED) is 0.405. The van der Waals surface area contributed by atoms with E-state index in [2.05, 4.69) is 35.9 Å². The summed E-state index contributed by atoms with van der Waals surface area (Å²) in [5.41, 5.74) is 5.01. The first kappa shape index (κ1) is 21.6. The van der Waals surface area contributed by atoms with Crippen molar-refractivity contribution in [3.63, 3.8) is 0 Å². The van der Waals surface area contributed by atoms with Crippen LogP contribution in [0.4, 0.5) is 0 Å². The molecule has 0 aliphatic heterocycles. The number of nitrogens with zero attached hydrogens (tertiary/aromatic N) is 2. The van der Waals surface area contributed by atoms with Crippen molar-refractivity contribution < 1.29 is 9.53 Å². The number of carbonyl (C=O) groups excluding carboxylic acids is 1. The van der Waals surface area contributed by atoms with E-state index >= 15 is 0 Å². The maximum atomic E-state index is 12.6. The van der Waals surface area contributed by atoms with Crippen LogP contribution in [0.25, 0.3) is 11.0 Å². The molecule has 4 rings (SSSR count). The lowest BCUT2D eigenvalue weighted by molar-refractivity contribution is 0.0949. The Bertz CT molecular complexity index is 1190. The average molecular weight is 428 g/mol. The molecule has 0 radical (unpaired) electrons. The van der Waals surface area contributed by atoms with Crippen molar-refractivity contribution >= 4 is 16.9 Å². The molecule has 0 atom stereocenters. The molecule has 3 aromatic carbocycles. The zero-order chi connectivity index (χ0) is 22.5. The van der Waals surface area contributed by atoms with Crippen LogP contribution in [0.15, 0.2) is 72.8 Å². The molecular formula is C27H29N3O2. The van der Waals surface area contributed by atoms with Gasteiger partial charge in [0.15, 0.2) is 0 Å². The van der Waals surface area contributed by atoms with Gasteiger partial charge in [-0.05, 0) is 54.8 Å². The van der Waals surface area contributed by atoms with Crippen molar-refractivity contribution in [1.29, 1.82) is 0 Å². The molecule has 5 heteroatoms. The number of hydrogen-bond acceptors (Lipinski definition) is 3. The highest BCUT2D eigenvalue weighted by atomic mass is 16.5. The van der Waals surface area contributed by atoms with Gasteiger partial charge in [0.05, 0.1) is 24.1 Å². The number of imidazole rings is 1. The monoisotopic (exact) mass is 427 g/mol. The second kappa shape index (κ2) is 9.69. The van der Waals surface area contributed by atoms with Gasteiger partial charge in [-0.2, -0.15) is 0 Å². The Labute approximate surface area is 189 Å². The van der Waals surface area contributed by atoms with Crippen molar-refractivity contribution in [3.8, 4) is 5.75 Å². The van der Waals surface area contributed by atoms with Gasteiger partial charge < -0.3 is 14.6 Å². The number of carbonyl (C=O) groups is 1. The van der Waals surface area contributed by atoms with Crippen LogP contribution in [-0.2, 0) is 13.1 Å². The number of aryl methyl sites for hydroxylation is 1. The summed E-state index contributed by atoms with van der Waals surface area (Å²) in [6, 6.07) is 23.8. The van der Waals surface area contributed by atoms with E-state index in [9.17, 15) is 4.79 Å². The zero-order valence-corrected chi connectivity index (χ0v) is 18.8.